The molecule has 2 aromatic carbocycles. The molecule has 0 spiro atoms. The number of nitrogens with one attached hydrogen (secondary N) is 1. The van der Waals surface area contributed by atoms with Gasteiger partial charge in [0.05, 0.1) is 12.3 Å². The van der Waals surface area contributed by atoms with E-state index >= 15 is 0 Å². The molecule has 1 radical (unpaired) electrons. The minimum Gasteiger partial charge on any atom is -0.351 e. The molecule has 1 heterocycles. The fourth-order valence-corrected chi connectivity index (χ4v) is 3.63. The van der Waals surface area contributed by atoms with Crippen molar-refractivity contribution in [2.75, 3.05) is 4.90 Å². The minimum atomic E-state index is -0.562. The van der Waals surface area contributed by atoms with Crippen molar-refractivity contribution in [2.24, 2.45) is 5.73 Å². The van der Waals surface area contributed by atoms with Gasteiger partial charge >= 0.3 is 6.03 Å². The Hall–Kier alpha value is -2.37. The molecule has 4 rings (SSSR count). The zero-order valence-electron chi connectivity index (χ0n) is 13.4. The third kappa shape index (κ3) is 2.66. The summed E-state index contributed by atoms with van der Waals surface area (Å²) in [6.07, 6.45) is 2.66. The van der Waals surface area contributed by atoms with Crippen LogP contribution in [0.5, 0.6) is 0 Å². The van der Waals surface area contributed by atoms with Crippen LogP contribution in [0.4, 0.5) is 10.5 Å². The van der Waals surface area contributed by atoms with Gasteiger partial charge < -0.3 is 10.5 Å². The molecule has 0 bridgehead atoms. The molecule has 0 fully saturated rings. The van der Waals surface area contributed by atoms with E-state index in [-0.39, 0.29) is 6.04 Å². The summed E-state index contributed by atoms with van der Waals surface area (Å²) in [5.41, 5.74) is 9.97. The average molecular weight is 322 g/mol. The van der Waals surface area contributed by atoms with E-state index in [0.717, 1.165) is 30.5 Å². The first-order chi connectivity index (χ1) is 11.7. The second-order valence-electron chi connectivity index (χ2n) is 6.24. The second-order valence-corrected chi connectivity index (χ2v) is 6.24. The van der Waals surface area contributed by atoms with Crippen molar-refractivity contribution in [1.82, 2.24) is 5.32 Å². The highest BCUT2D eigenvalue weighted by atomic mass is 16.5. The summed E-state index contributed by atoms with van der Waals surface area (Å²) in [6, 6.07) is 16.5. The predicted molar refractivity (Wildman–Crippen MR) is 91.2 cm³/mol. The van der Waals surface area contributed by atoms with Crippen LogP contribution in [0, 0.1) is 6.07 Å². The minimum absolute atomic E-state index is 0.152. The molecule has 123 valence electrons. The number of primary amides is 1. The predicted octanol–water partition coefficient (Wildman–Crippen LogP) is 2.85. The third-order valence-electron chi connectivity index (χ3n) is 4.77. The van der Waals surface area contributed by atoms with E-state index < -0.39 is 12.4 Å². The van der Waals surface area contributed by atoms with E-state index in [1.54, 1.807) is 6.07 Å². The molecule has 1 aliphatic carbocycles. The molecule has 2 amide bonds. The van der Waals surface area contributed by atoms with Gasteiger partial charge in [-0.2, -0.15) is 0 Å². The van der Waals surface area contributed by atoms with Crippen LogP contribution in [0.15, 0.2) is 42.5 Å². The molecule has 0 saturated carbocycles. The maximum Gasteiger partial charge on any atom is 0.322 e. The number of urea groups is 1. The first kappa shape index (κ1) is 15.2. The number of benzene rings is 2. The summed E-state index contributed by atoms with van der Waals surface area (Å²) in [6.45, 7) is 0.433. The number of hydrogen-bond donors (Lipinski definition) is 2. The molecule has 2 aromatic rings. The van der Waals surface area contributed by atoms with E-state index in [0.29, 0.717) is 6.61 Å². The largest absolute Gasteiger partial charge is 0.351 e. The molecule has 3 N–H and O–H groups in total. The first-order valence-corrected chi connectivity index (χ1v) is 8.27. The molecule has 5 nitrogen and oxygen atoms in total. The number of ether oxygens (including phenoxy) is 1. The van der Waals surface area contributed by atoms with Crippen LogP contribution < -0.4 is 16.0 Å². The third-order valence-corrected chi connectivity index (χ3v) is 4.77. The van der Waals surface area contributed by atoms with Gasteiger partial charge in [-0.15, -0.1) is 0 Å². The summed E-state index contributed by atoms with van der Waals surface area (Å²) in [7, 11) is 0. The van der Waals surface area contributed by atoms with Crippen molar-refractivity contribution in [3.05, 3.63) is 65.2 Å². The molecule has 0 saturated heterocycles. The lowest BCUT2D eigenvalue weighted by Crippen LogP contribution is -2.55. The second kappa shape index (κ2) is 6.26. The van der Waals surface area contributed by atoms with Gasteiger partial charge in [0.1, 0.15) is 0 Å². The summed E-state index contributed by atoms with van der Waals surface area (Å²) in [4.78, 5) is 13.5. The van der Waals surface area contributed by atoms with Gasteiger partial charge in [-0.1, -0.05) is 30.3 Å². The molecule has 2 aliphatic rings. The Morgan fingerprint density at radius 1 is 1.29 bits per heavy atom. The SMILES string of the molecule is NC(=O)N1c2cc[c]cc2COC1N[C@@H]1CCCc2ccccc21. The van der Waals surface area contributed by atoms with E-state index in [2.05, 4.69) is 35.6 Å². The normalized spacial score (nSPS) is 22.6. The van der Waals surface area contributed by atoms with Crippen LogP contribution in [0.25, 0.3) is 0 Å². The number of rotatable bonds is 2. The number of fused-ring (bicyclic) bond motifs is 2. The highest BCUT2D eigenvalue weighted by Crippen LogP contribution is 2.33. The van der Waals surface area contributed by atoms with Crippen molar-refractivity contribution >= 4 is 11.7 Å². The van der Waals surface area contributed by atoms with Crippen molar-refractivity contribution < 1.29 is 9.53 Å². The molecule has 1 aliphatic heterocycles. The zero-order chi connectivity index (χ0) is 16.5. The van der Waals surface area contributed by atoms with Crippen molar-refractivity contribution in [1.29, 1.82) is 0 Å². The van der Waals surface area contributed by atoms with Crippen LogP contribution in [-0.2, 0) is 17.8 Å². The van der Waals surface area contributed by atoms with Gasteiger partial charge in [-0.05, 0) is 48.6 Å². The van der Waals surface area contributed by atoms with Gasteiger partial charge in [0.2, 0.25) is 0 Å². The molecular weight excluding hydrogens is 302 g/mol. The summed E-state index contributed by atoms with van der Waals surface area (Å²) >= 11 is 0. The Balaban J connectivity index is 1.62. The Morgan fingerprint density at radius 3 is 3.04 bits per heavy atom. The molecule has 24 heavy (non-hydrogen) atoms. The van der Waals surface area contributed by atoms with Crippen LogP contribution >= 0.6 is 0 Å². The van der Waals surface area contributed by atoms with Gasteiger partial charge in [-0.25, -0.2) is 4.79 Å². The number of carbonyl (C=O) groups is 1. The Bertz CT molecular complexity index is 762. The fraction of sp³-hybridized carbons (Fsp3) is 0.316. The van der Waals surface area contributed by atoms with Crippen LogP contribution in [0.3, 0.4) is 0 Å². The highest BCUT2D eigenvalue weighted by Gasteiger charge is 2.33. The highest BCUT2D eigenvalue weighted by molar-refractivity contribution is 5.92. The number of nitrogens with two attached hydrogens (primary N) is 1. The maximum atomic E-state index is 12.0. The monoisotopic (exact) mass is 322 g/mol. The molecule has 1 unspecified atom stereocenters. The molecular formula is C19H20N3O2. The van der Waals surface area contributed by atoms with Gasteiger partial charge in [-0.3, -0.25) is 10.2 Å². The molecule has 5 heteroatoms. The van der Waals surface area contributed by atoms with Crippen molar-refractivity contribution in [3.8, 4) is 0 Å². The summed E-state index contributed by atoms with van der Waals surface area (Å²) in [5.74, 6) is 0. The quantitative estimate of drug-likeness (QED) is 0.893. The Morgan fingerprint density at radius 2 is 2.17 bits per heavy atom. The number of nitrogens with zero attached hydrogens (tertiary/aromatic N) is 1. The van der Waals surface area contributed by atoms with E-state index in [4.69, 9.17) is 10.5 Å². The lowest BCUT2D eigenvalue weighted by molar-refractivity contribution is 0.00267. The number of hydrogen-bond acceptors (Lipinski definition) is 3. The summed E-state index contributed by atoms with van der Waals surface area (Å²) < 4.78 is 5.89. The van der Waals surface area contributed by atoms with E-state index in [1.807, 2.05) is 12.1 Å². The van der Waals surface area contributed by atoms with Crippen molar-refractivity contribution in [3.63, 3.8) is 0 Å². The van der Waals surface area contributed by atoms with E-state index in [9.17, 15) is 4.79 Å². The Kier molecular flexibility index (Phi) is 3.96. The van der Waals surface area contributed by atoms with Crippen molar-refractivity contribution in [2.45, 2.75) is 38.3 Å². The lowest BCUT2D eigenvalue weighted by atomic mass is 9.88. The van der Waals surface area contributed by atoms with Crippen LogP contribution in [0.1, 0.15) is 35.6 Å². The number of aryl methyl sites for hydroxylation is 1. The first-order valence-electron chi connectivity index (χ1n) is 8.27. The lowest BCUT2D eigenvalue weighted by Gasteiger charge is -2.39. The summed E-state index contributed by atoms with van der Waals surface area (Å²) in [5, 5.41) is 3.48. The smallest absolute Gasteiger partial charge is 0.322 e. The topological polar surface area (TPSA) is 67.6 Å². The molecule has 0 aromatic heterocycles. The fourth-order valence-electron chi connectivity index (χ4n) is 3.63. The molecule has 2 atom stereocenters. The van der Waals surface area contributed by atoms with Crippen LogP contribution in [-0.4, -0.2) is 12.4 Å². The number of carbonyl (C=O) groups excluding carboxylic acids is 1. The maximum absolute atomic E-state index is 12.0. The van der Waals surface area contributed by atoms with Crippen LogP contribution in [0.2, 0.25) is 0 Å². The number of amides is 2. The van der Waals surface area contributed by atoms with Gasteiger partial charge in [0.15, 0.2) is 6.35 Å². The van der Waals surface area contributed by atoms with E-state index in [1.165, 1.54) is 16.0 Å². The number of anilines is 1. The standard InChI is InChI=1S/C19H20N3O2/c20-18(23)22-17-11-4-2-7-14(17)12-24-19(22)21-16-10-5-8-13-6-1-3-9-15(13)16/h1,3-4,6-7,9,11,16,19,21H,5,8,10,12H2,(H2,20,23)/t16-,19?/m1/s1. The van der Waals surface area contributed by atoms with Gasteiger partial charge in [0, 0.05) is 11.6 Å². The average Bonchev–Trinajstić information content (AvgIpc) is 2.61. The zero-order valence-corrected chi connectivity index (χ0v) is 13.4. The van der Waals surface area contributed by atoms with Gasteiger partial charge in [0.25, 0.3) is 0 Å². The Labute approximate surface area is 141 Å².